The second kappa shape index (κ2) is 4.26. The second-order valence-corrected chi connectivity index (χ2v) is 4.57. The molecule has 1 aromatic carbocycles. The Morgan fingerprint density at radius 3 is 2.36 bits per heavy atom. The summed E-state index contributed by atoms with van der Waals surface area (Å²) in [5, 5.41) is 0. The number of ether oxygens (including phenoxy) is 1. The third-order valence-electron chi connectivity index (χ3n) is 1.52. The molecule has 1 aromatic rings. The van der Waals surface area contributed by atoms with E-state index < -0.39 is 11.7 Å². The number of hydrogen-bond donors (Lipinski definition) is 0. The van der Waals surface area contributed by atoms with Gasteiger partial charge in [0.25, 0.3) is 0 Å². The third-order valence-corrected chi connectivity index (χ3v) is 2.73. The van der Waals surface area contributed by atoms with Crippen molar-refractivity contribution in [1.29, 1.82) is 0 Å². The summed E-state index contributed by atoms with van der Waals surface area (Å²) in [5.74, 6) is -0.182. The Hall–Kier alpha value is 0.0200. The van der Waals surface area contributed by atoms with Crippen molar-refractivity contribution in [1.82, 2.24) is 0 Å². The zero-order chi connectivity index (χ0) is 10.9. The van der Waals surface area contributed by atoms with E-state index in [1.165, 1.54) is 7.11 Å². The molecule has 1 nitrogen and oxygen atoms in total. The molecule has 1 rings (SSSR count). The van der Waals surface area contributed by atoms with E-state index in [1.807, 2.05) is 22.6 Å². The average molecular weight is 381 g/mol. The fourth-order valence-corrected chi connectivity index (χ4v) is 2.65. The van der Waals surface area contributed by atoms with Crippen LogP contribution < -0.4 is 4.74 Å². The van der Waals surface area contributed by atoms with Gasteiger partial charge in [-0.1, -0.05) is 0 Å². The van der Waals surface area contributed by atoms with Crippen LogP contribution in [0.2, 0.25) is 0 Å². The van der Waals surface area contributed by atoms with E-state index in [4.69, 9.17) is 0 Å². The molecular weight excluding hydrogens is 376 g/mol. The summed E-state index contributed by atoms with van der Waals surface area (Å²) in [6.07, 6.45) is -4.39. The maximum Gasteiger partial charge on any atom is 0.420 e. The molecule has 0 aliphatic rings. The van der Waals surface area contributed by atoms with Crippen LogP contribution in [0.15, 0.2) is 16.6 Å². The average Bonchev–Trinajstić information content (AvgIpc) is 2.01. The van der Waals surface area contributed by atoms with Crippen LogP contribution in [0.3, 0.4) is 0 Å². The van der Waals surface area contributed by atoms with Gasteiger partial charge in [0.1, 0.15) is 5.75 Å². The van der Waals surface area contributed by atoms with Crippen molar-refractivity contribution in [2.75, 3.05) is 7.11 Å². The van der Waals surface area contributed by atoms with Gasteiger partial charge in [0, 0.05) is 3.57 Å². The molecule has 0 aliphatic carbocycles. The summed E-state index contributed by atoms with van der Waals surface area (Å²) in [7, 11) is 1.21. The largest absolute Gasteiger partial charge is 0.495 e. The van der Waals surface area contributed by atoms with Gasteiger partial charge >= 0.3 is 6.18 Å². The number of hydrogen-bond acceptors (Lipinski definition) is 1. The highest BCUT2D eigenvalue weighted by Crippen LogP contribution is 2.41. The van der Waals surface area contributed by atoms with Gasteiger partial charge in [0.15, 0.2) is 0 Å². The second-order valence-electron chi connectivity index (χ2n) is 2.47. The molecule has 0 spiro atoms. The van der Waals surface area contributed by atoms with Crippen molar-refractivity contribution in [3.8, 4) is 5.75 Å². The van der Waals surface area contributed by atoms with Crippen LogP contribution in [0.25, 0.3) is 0 Å². The van der Waals surface area contributed by atoms with Crippen molar-refractivity contribution in [3.63, 3.8) is 0 Å². The highest BCUT2D eigenvalue weighted by molar-refractivity contribution is 14.1. The molecule has 0 heterocycles. The Labute approximate surface area is 101 Å². The minimum absolute atomic E-state index is 0.182. The molecule has 0 atom stereocenters. The van der Waals surface area contributed by atoms with E-state index >= 15 is 0 Å². The normalized spacial score (nSPS) is 11.6. The summed E-state index contributed by atoms with van der Waals surface area (Å²) in [4.78, 5) is 0. The molecule has 0 bridgehead atoms. The molecule has 0 aliphatic heterocycles. The lowest BCUT2D eigenvalue weighted by molar-refractivity contribution is -0.138. The van der Waals surface area contributed by atoms with E-state index in [9.17, 15) is 13.2 Å². The van der Waals surface area contributed by atoms with E-state index in [2.05, 4.69) is 20.7 Å². The zero-order valence-electron chi connectivity index (χ0n) is 6.95. The van der Waals surface area contributed by atoms with E-state index in [0.29, 0.717) is 8.04 Å². The Kier molecular flexibility index (Phi) is 3.68. The number of rotatable bonds is 1. The van der Waals surface area contributed by atoms with Crippen molar-refractivity contribution in [3.05, 3.63) is 25.7 Å². The summed E-state index contributed by atoms with van der Waals surface area (Å²) < 4.78 is 43.0. The van der Waals surface area contributed by atoms with Crippen LogP contribution in [-0.2, 0) is 6.18 Å². The molecule has 14 heavy (non-hydrogen) atoms. The summed E-state index contributed by atoms with van der Waals surface area (Å²) in [6, 6.07) is 2.61. The lowest BCUT2D eigenvalue weighted by Crippen LogP contribution is -2.08. The zero-order valence-corrected chi connectivity index (χ0v) is 10.7. The third kappa shape index (κ3) is 2.53. The number of methoxy groups -OCH3 is 1. The molecule has 0 aromatic heterocycles. The van der Waals surface area contributed by atoms with Crippen LogP contribution in [0, 0.1) is 3.57 Å². The Morgan fingerprint density at radius 1 is 1.36 bits per heavy atom. The van der Waals surface area contributed by atoms with Crippen LogP contribution >= 0.6 is 38.5 Å². The Bertz CT molecular complexity index is 351. The van der Waals surface area contributed by atoms with Gasteiger partial charge in [0.2, 0.25) is 0 Å². The molecule has 6 heteroatoms. The summed E-state index contributed by atoms with van der Waals surface area (Å²) in [6.45, 7) is 0. The molecule has 78 valence electrons. The minimum Gasteiger partial charge on any atom is -0.495 e. The molecule has 0 amide bonds. The first-order chi connectivity index (χ1) is 6.36. The number of alkyl halides is 3. The maximum atomic E-state index is 12.5. The minimum atomic E-state index is -4.39. The standard InChI is InChI=1S/C8H5BrF3IO/c1-14-7-5(8(10,11)12)2-4(13)3-6(7)9/h2-3H,1H3. The van der Waals surface area contributed by atoms with Crippen molar-refractivity contribution < 1.29 is 17.9 Å². The van der Waals surface area contributed by atoms with Crippen LogP contribution in [0.5, 0.6) is 5.75 Å². The summed E-state index contributed by atoms with van der Waals surface area (Å²) in [5.41, 5.74) is -0.765. The quantitative estimate of drug-likeness (QED) is 0.667. The molecule has 0 fully saturated rings. The molecular formula is C8H5BrF3IO. The lowest BCUT2D eigenvalue weighted by Gasteiger charge is -2.13. The summed E-state index contributed by atoms with van der Waals surface area (Å²) >= 11 is 4.84. The van der Waals surface area contributed by atoms with E-state index in [0.717, 1.165) is 6.07 Å². The van der Waals surface area contributed by atoms with Gasteiger partial charge in [-0.25, -0.2) is 0 Å². The van der Waals surface area contributed by atoms with Gasteiger partial charge in [-0.15, -0.1) is 0 Å². The topological polar surface area (TPSA) is 9.23 Å². The first-order valence-electron chi connectivity index (χ1n) is 3.46. The molecule has 0 saturated carbocycles. The Morgan fingerprint density at radius 2 is 1.93 bits per heavy atom. The fraction of sp³-hybridized carbons (Fsp3) is 0.250. The first kappa shape index (κ1) is 12.1. The van der Waals surface area contributed by atoms with Gasteiger partial charge in [-0.3, -0.25) is 0 Å². The Balaban J connectivity index is 3.40. The van der Waals surface area contributed by atoms with Crippen LogP contribution in [0.4, 0.5) is 13.2 Å². The van der Waals surface area contributed by atoms with Crippen molar-refractivity contribution in [2.45, 2.75) is 6.18 Å². The molecule has 0 radical (unpaired) electrons. The molecule has 0 N–H and O–H groups in total. The lowest BCUT2D eigenvalue weighted by atomic mass is 10.2. The van der Waals surface area contributed by atoms with Crippen LogP contribution in [0.1, 0.15) is 5.56 Å². The van der Waals surface area contributed by atoms with Crippen LogP contribution in [-0.4, -0.2) is 7.11 Å². The van der Waals surface area contributed by atoms with Crippen molar-refractivity contribution in [2.24, 2.45) is 0 Å². The predicted molar refractivity (Wildman–Crippen MR) is 58.4 cm³/mol. The van der Waals surface area contributed by atoms with Gasteiger partial charge in [-0.05, 0) is 50.7 Å². The van der Waals surface area contributed by atoms with E-state index in [1.54, 1.807) is 6.07 Å². The predicted octanol–water partition coefficient (Wildman–Crippen LogP) is 4.08. The van der Waals surface area contributed by atoms with Crippen molar-refractivity contribution >= 4 is 38.5 Å². The highest BCUT2D eigenvalue weighted by Gasteiger charge is 2.35. The number of halogens is 5. The monoisotopic (exact) mass is 380 g/mol. The van der Waals surface area contributed by atoms with Gasteiger partial charge in [-0.2, -0.15) is 13.2 Å². The first-order valence-corrected chi connectivity index (χ1v) is 5.33. The highest BCUT2D eigenvalue weighted by atomic mass is 127. The number of benzene rings is 1. The molecule has 0 unspecified atom stereocenters. The van der Waals surface area contributed by atoms with Gasteiger partial charge < -0.3 is 4.74 Å². The van der Waals surface area contributed by atoms with E-state index in [-0.39, 0.29) is 5.75 Å². The fourth-order valence-electron chi connectivity index (χ4n) is 0.978. The smallest absolute Gasteiger partial charge is 0.420 e. The molecule has 0 saturated heterocycles. The SMILES string of the molecule is COc1c(Br)cc(I)cc1C(F)(F)F. The maximum absolute atomic E-state index is 12.5. The van der Waals surface area contributed by atoms with Gasteiger partial charge in [0.05, 0.1) is 17.1 Å².